The predicted octanol–water partition coefficient (Wildman–Crippen LogP) is 3.15. The van der Waals surface area contributed by atoms with Gasteiger partial charge in [0.1, 0.15) is 12.1 Å². The van der Waals surface area contributed by atoms with Gasteiger partial charge in [0.15, 0.2) is 11.3 Å². The molecule has 162 valence electrons. The Hall–Kier alpha value is -3.16. The third-order valence-corrected chi connectivity index (χ3v) is 6.61. The van der Waals surface area contributed by atoms with Crippen LogP contribution in [0, 0.1) is 5.92 Å². The normalized spacial score (nSPS) is 18.0. The summed E-state index contributed by atoms with van der Waals surface area (Å²) in [6, 6.07) is 5.60. The van der Waals surface area contributed by atoms with E-state index >= 15 is 0 Å². The molecule has 0 bridgehead atoms. The van der Waals surface area contributed by atoms with Gasteiger partial charge in [0.05, 0.1) is 12.8 Å². The first-order chi connectivity index (χ1) is 15.2. The topological polar surface area (TPSA) is 92.7 Å². The zero-order valence-electron chi connectivity index (χ0n) is 17.5. The number of furan rings is 1. The SMILES string of the molecule is O=C(NCc1ccco1)c1ncn2c(C3CCN(C(=O)C4CCCC4)CC3)ccnc12. The third-order valence-electron chi connectivity index (χ3n) is 6.61. The molecule has 0 unspecified atom stereocenters. The van der Waals surface area contributed by atoms with Crippen LogP contribution in [0.3, 0.4) is 0 Å². The highest BCUT2D eigenvalue weighted by molar-refractivity contribution is 5.97. The number of nitrogens with zero attached hydrogens (tertiary/aromatic N) is 4. The molecule has 1 aliphatic carbocycles. The van der Waals surface area contributed by atoms with Crippen LogP contribution in [0.4, 0.5) is 0 Å². The van der Waals surface area contributed by atoms with Crippen molar-refractivity contribution >= 4 is 17.5 Å². The number of hydrogen-bond donors (Lipinski definition) is 1. The molecule has 0 aromatic carbocycles. The van der Waals surface area contributed by atoms with Gasteiger partial charge in [-0.2, -0.15) is 0 Å². The maximum absolute atomic E-state index is 12.7. The Kier molecular flexibility index (Phi) is 5.44. The molecule has 0 atom stereocenters. The summed E-state index contributed by atoms with van der Waals surface area (Å²) in [5.74, 6) is 1.30. The lowest BCUT2D eigenvalue weighted by molar-refractivity contribution is -0.136. The number of carbonyl (C=O) groups is 2. The molecule has 31 heavy (non-hydrogen) atoms. The smallest absolute Gasteiger partial charge is 0.274 e. The number of nitrogens with one attached hydrogen (secondary N) is 1. The molecule has 1 aliphatic heterocycles. The van der Waals surface area contributed by atoms with E-state index in [2.05, 4.69) is 15.3 Å². The maximum Gasteiger partial charge on any atom is 0.274 e. The fraction of sp³-hybridized carbons (Fsp3) is 0.478. The molecule has 1 N–H and O–H groups in total. The summed E-state index contributed by atoms with van der Waals surface area (Å²) in [6.07, 6.45) is 11.3. The highest BCUT2D eigenvalue weighted by Crippen LogP contribution is 2.32. The second-order valence-electron chi connectivity index (χ2n) is 8.50. The van der Waals surface area contributed by atoms with Crippen molar-refractivity contribution in [1.82, 2.24) is 24.6 Å². The molecule has 3 aromatic heterocycles. The fourth-order valence-electron chi connectivity index (χ4n) is 4.90. The molecule has 5 rings (SSSR count). The average molecular weight is 422 g/mol. The van der Waals surface area contributed by atoms with Gasteiger partial charge >= 0.3 is 0 Å². The summed E-state index contributed by atoms with van der Waals surface area (Å²) in [4.78, 5) is 36.2. The Labute approximate surface area is 180 Å². The third kappa shape index (κ3) is 3.94. The second kappa shape index (κ2) is 8.53. The van der Waals surface area contributed by atoms with Crippen molar-refractivity contribution in [3.05, 3.63) is 54.1 Å². The summed E-state index contributed by atoms with van der Waals surface area (Å²) >= 11 is 0. The number of aromatic nitrogens is 3. The summed E-state index contributed by atoms with van der Waals surface area (Å²) in [6.45, 7) is 1.88. The molecular formula is C23H27N5O3. The highest BCUT2D eigenvalue weighted by atomic mass is 16.3. The lowest BCUT2D eigenvalue weighted by atomic mass is 9.92. The van der Waals surface area contributed by atoms with Crippen molar-refractivity contribution in [3.63, 3.8) is 0 Å². The van der Waals surface area contributed by atoms with E-state index < -0.39 is 0 Å². The Morgan fingerprint density at radius 2 is 1.90 bits per heavy atom. The van der Waals surface area contributed by atoms with E-state index in [0.29, 0.717) is 35.5 Å². The van der Waals surface area contributed by atoms with Crippen molar-refractivity contribution in [2.75, 3.05) is 13.1 Å². The van der Waals surface area contributed by atoms with Crippen molar-refractivity contribution in [3.8, 4) is 0 Å². The molecule has 8 heteroatoms. The number of amides is 2. The lowest BCUT2D eigenvalue weighted by Gasteiger charge is -2.34. The van der Waals surface area contributed by atoms with Gasteiger partial charge in [-0.3, -0.25) is 14.0 Å². The van der Waals surface area contributed by atoms with Crippen molar-refractivity contribution < 1.29 is 14.0 Å². The van der Waals surface area contributed by atoms with Crippen LogP contribution in [0.2, 0.25) is 0 Å². The molecule has 2 aliphatic rings. The number of fused-ring (bicyclic) bond motifs is 1. The van der Waals surface area contributed by atoms with Crippen molar-refractivity contribution in [2.45, 2.75) is 51.0 Å². The van der Waals surface area contributed by atoms with E-state index in [4.69, 9.17) is 4.42 Å². The average Bonchev–Trinajstić information content (AvgIpc) is 3.58. The zero-order valence-corrected chi connectivity index (χ0v) is 17.5. The van der Waals surface area contributed by atoms with Gasteiger partial charge in [-0.1, -0.05) is 12.8 Å². The van der Waals surface area contributed by atoms with E-state index in [9.17, 15) is 9.59 Å². The van der Waals surface area contributed by atoms with Gasteiger partial charge in [-0.15, -0.1) is 0 Å². The van der Waals surface area contributed by atoms with Crippen molar-refractivity contribution in [2.24, 2.45) is 5.92 Å². The molecule has 0 spiro atoms. The van der Waals surface area contributed by atoms with E-state index in [0.717, 1.165) is 44.5 Å². The molecule has 1 saturated carbocycles. The first-order valence-electron chi connectivity index (χ1n) is 11.1. The molecule has 0 radical (unpaired) electrons. The molecular weight excluding hydrogens is 394 g/mol. The number of imidazole rings is 1. The van der Waals surface area contributed by atoms with Crippen LogP contribution in [-0.4, -0.2) is 44.2 Å². The number of carbonyl (C=O) groups excluding carboxylic acids is 2. The highest BCUT2D eigenvalue weighted by Gasteiger charge is 2.31. The standard InChI is InChI=1S/C23H27N5O3/c29-22(25-14-18-6-3-13-31-18)20-21-24-10-7-19(28(21)15-26-20)16-8-11-27(12-9-16)23(30)17-4-1-2-5-17/h3,6-7,10,13,15-17H,1-2,4-5,8-9,11-12,14H2,(H,25,29). The van der Waals surface area contributed by atoms with Gasteiger partial charge in [-0.05, 0) is 43.9 Å². The first-order valence-corrected chi connectivity index (χ1v) is 11.1. The van der Waals surface area contributed by atoms with E-state index in [1.807, 2.05) is 21.4 Å². The largest absolute Gasteiger partial charge is 0.467 e. The lowest BCUT2D eigenvalue weighted by Crippen LogP contribution is -2.41. The Morgan fingerprint density at radius 1 is 1.10 bits per heavy atom. The number of rotatable bonds is 5. The Balaban J connectivity index is 1.28. The van der Waals surface area contributed by atoms with Crippen molar-refractivity contribution in [1.29, 1.82) is 0 Å². The summed E-state index contributed by atoms with van der Waals surface area (Å²) < 4.78 is 7.18. The van der Waals surface area contributed by atoms with Crippen LogP contribution in [0.5, 0.6) is 0 Å². The van der Waals surface area contributed by atoms with Gasteiger partial charge in [-0.25, -0.2) is 9.97 Å². The monoisotopic (exact) mass is 421 g/mol. The number of likely N-dealkylation sites (tertiary alicyclic amines) is 1. The van der Waals surface area contributed by atoms with Crippen LogP contribution in [0.15, 0.2) is 41.4 Å². The van der Waals surface area contributed by atoms with Gasteiger partial charge in [0, 0.05) is 36.8 Å². The maximum atomic E-state index is 12.7. The van der Waals surface area contributed by atoms with Crippen LogP contribution < -0.4 is 5.32 Å². The Morgan fingerprint density at radius 3 is 2.65 bits per heavy atom. The molecule has 4 heterocycles. The molecule has 3 aromatic rings. The second-order valence-corrected chi connectivity index (χ2v) is 8.50. The predicted molar refractivity (Wildman–Crippen MR) is 113 cm³/mol. The van der Waals surface area contributed by atoms with Crippen LogP contribution in [0.1, 0.15) is 66.4 Å². The quantitative estimate of drug-likeness (QED) is 0.683. The van der Waals surface area contributed by atoms with E-state index in [1.165, 1.54) is 12.8 Å². The van der Waals surface area contributed by atoms with Crippen LogP contribution >= 0.6 is 0 Å². The summed E-state index contributed by atoms with van der Waals surface area (Å²) in [5.41, 5.74) is 1.96. The molecule has 8 nitrogen and oxygen atoms in total. The van der Waals surface area contributed by atoms with Crippen LogP contribution in [-0.2, 0) is 11.3 Å². The molecule has 1 saturated heterocycles. The Bertz CT molecular complexity index is 1060. The summed E-state index contributed by atoms with van der Waals surface area (Å²) in [5, 5.41) is 2.83. The van der Waals surface area contributed by atoms with Crippen LogP contribution in [0.25, 0.3) is 5.65 Å². The molecule has 2 amide bonds. The number of piperidine rings is 1. The summed E-state index contributed by atoms with van der Waals surface area (Å²) in [7, 11) is 0. The fourth-order valence-corrected chi connectivity index (χ4v) is 4.90. The van der Waals surface area contributed by atoms with E-state index in [-0.39, 0.29) is 11.8 Å². The van der Waals surface area contributed by atoms with Gasteiger partial charge in [0.2, 0.25) is 5.91 Å². The first kappa shape index (κ1) is 19.8. The minimum atomic E-state index is -0.277. The minimum Gasteiger partial charge on any atom is -0.467 e. The van der Waals surface area contributed by atoms with E-state index in [1.54, 1.807) is 24.9 Å². The minimum absolute atomic E-state index is 0.236. The zero-order chi connectivity index (χ0) is 21.2. The number of hydrogen-bond acceptors (Lipinski definition) is 5. The molecule has 2 fully saturated rings. The van der Waals surface area contributed by atoms with Gasteiger partial charge < -0.3 is 14.6 Å². The van der Waals surface area contributed by atoms with Gasteiger partial charge in [0.25, 0.3) is 5.91 Å².